The van der Waals surface area contributed by atoms with Gasteiger partial charge in [-0.2, -0.15) is 13.2 Å². The SMILES string of the molecule is CN(CCC(F)(F)F)c1ccc(C(F)F)cc1N. The number of benzene rings is 1. The Kier molecular flexibility index (Phi) is 4.37. The summed E-state index contributed by atoms with van der Waals surface area (Å²) in [6, 6.07) is 3.53. The maximum Gasteiger partial charge on any atom is 0.390 e. The third-order valence-electron chi connectivity index (χ3n) is 2.45. The first-order valence-corrected chi connectivity index (χ1v) is 5.16. The first-order valence-electron chi connectivity index (χ1n) is 5.16. The molecule has 1 aromatic carbocycles. The minimum absolute atomic E-state index is 0.0393. The molecule has 102 valence electrons. The lowest BCUT2D eigenvalue weighted by atomic mass is 10.1. The van der Waals surface area contributed by atoms with Crippen LogP contribution in [-0.4, -0.2) is 19.8 Å². The summed E-state index contributed by atoms with van der Waals surface area (Å²) < 4.78 is 60.9. The molecule has 0 unspecified atom stereocenters. The molecule has 0 atom stereocenters. The normalized spacial score (nSPS) is 11.9. The molecule has 0 saturated carbocycles. The van der Waals surface area contributed by atoms with Crippen molar-refractivity contribution in [3.63, 3.8) is 0 Å². The third kappa shape index (κ3) is 4.05. The molecule has 0 saturated heterocycles. The van der Waals surface area contributed by atoms with Crippen molar-refractivity contribution in [3.05, 3.63) is 23.8 Å². The molecule has 0 bridgehead atoms. The van der Waals surface area contributed by atoms with E-state index < -0.39 is 19.0 Å². The maximum absolute atomic E-state index is 12.4. The number of nitrogen functional groups attached to an aromatic ring is 1. The van der Waals surface area contributed by atoms with Gasteiger partial charge in [-0.15, -0.1) is 0 Å². The van der Waals surface area contributed by atoms with Gasteiger partial charge in [0.05, 0.1) is 17.8 Å². The Balaban J connectivity index is 2.77. The van der Waals surface area contributed by atoms with Crippen molar-refractivity contribution < 1.29 is 22.0 Å². The second kappa shape index (κ2) is 5.41. The zero-order chi connectivity index (χ0) is 13.9. The summed E-state index contributed by atoms with van der Waals surface area (Å²) in [4.78, 5) is 1.29. The van der Waals surface area contributed by atoms with Crippen LogP contribution in [0.25, 0.3) is 0 Å². The van der Waals surface area contributed by atoms with E-state index in [0.29, 0.717) is 5.69 Å². The quantitative estimate of drug-likeness (QED) is 0.668. The molecule has 0 aliphatic heterocycles. The summed E-state index contributed by atoms with van der Waals surface area (Å²) in [5.41, 5.74) is 5.64. The number of nitrogens with zero attached hydrogens (tertiary/aromatic N) is 1. The van der Waals surface area contributed by atoms with E-state index in [2.05, 4.69) is 0 Å². The van der Waals surface area contributed by atoms with Crippen LogP contribution in [0.4, 0.5) is 33.3 Å². The molecule has 0 aromatic heterocycles. The Hall–Kier alpha value is -1.53. The van der Waals surface area contributed by atoms with Gasteiger partial charge in [0, 0.05) is 19.2 Å². The predicted molar refractivity (Wildman–Crippen MR) is 59.8 cm³/mol. The van der Waals surface area contributed by atoms with Crippen LogP contribution in [0, 0.1) is 0 Å². The standard InChI is InChI=1S/C11H13F5N2/c1-18(5-4-11(14,15)16)9-3-2-7(10(12)13)6-8(9)17/h2-3,6,10H,4-5,17H2,1H3. The van der Waals surface area contributed by atoms with Gasteiger partial charge in [0.2, 0.25) is 0 Å². The highest BCUT2D eigenvalue weighted by Crippen LogP contribution is 2.29. The molecule has 2 nitrogen and oxygen atoms in total. The molecule has 0 spiro atoms. The van der Waals surface area contributed by atoms with Gasteiger partial charge in [0.25, 0.3) is 6.43 Å². The van der Waals surface area contributed by atoms with Gasteiger partial charge in [-0.05, 0) is 12.1 Å². The second-order valence-corrected chi connectivity index (χ2v) is 3.91. The topological polar surface area (TPSA) is 29.3 Å². The minimum Gasteiger partial charge on any atom is -0.397 e. The Bertz CT molecular complexity index is 403. The Morgan fingerprint density at radius 3 is 2.33 bits per heavy atom. The van der Waals surface area contributed by atoms with Crippen molar-refractivity contribution in [1.82, 2.24) is 0 Å². The van der Waals surface area contributed by atoms with Gasteiger partial charge in [0.15, 0.2) is 0 Å². The number of alkyl halides is 5. The summed E-state index contributed by atoms with van der Waals surface area (Å²) in [6.45, 7) is -0.276. The molecule has 18 heavy (non-hydrogen) atoms. The summed E-state index contributed by atoms with van der Waals surface area (Å²) in [6.07, 6.45) is -7.90. The molecule has 0 aliphatic carbocycles. The number of rotatable bonds is 4. The Morgan fingerprint density at radius 2 is 1.89 bits per heavy atom. The lowest BCUT2D eigenvalue weighted by Crippen LogP contribution is -2.24. The number of nitrogens with two attached hydrogens (primary N) is 1. The average molecular weight is 268 g/mol. The molecule has 0 amide bonds. The monoisotopic (exact) mass is 268 g/mol. The van der Waals surface area contributed by atoms with E-state index in [1.54, 1.807) is 0 Å². The highest BCUT2D eigenvalue weighted by Gasteiger charge is 2.27. The number of hydrogen-bond acceptors (Lipinski definition) is 2. The van der Waals surface area contributed by atoms with Crippen molar-refractivity contribution in [2.75, 3.05) is 24.2 Å². The summed E-state index contributed by atoms with van der Waals surface area (Å²) in [5, 5.41) is 0. The van der Waals surface area contributed by atoms with Crippen LogP contribution in [0.1, 0.15) is 18.4 Å². The van der Waals surface area contributed by atoms with E-state index in [1.165, 1.54) is 18.0 Å². The zero-order valence-electron chi connectivity index (χ0n) is 9.64. The van der Waals surface area contributed by atoms with Crippen molar-refractivity contribution in [1.29, 1.82) is 0 Å². The number of halogens is 5. The molecule has 1 aromatic rings. The highest BCUT2D eigenvalue weighted by molar-refractivity contribution is 5.68. The Morgan fingerprint density at radius 1 is 1.28 bits per heavy atom. The lowest BCUT2D eigenvalue weighted by molar-refractivity contribution is -0.132. The highest BCUT2D eigenvalue weighted by atomic mass is 19.4. The first-order chi connectivity index (χ1) is 8.20. The molecular formula is C11H13F5N2. The van der Waals surface area contributed by atoms with Gasteiger partial charge < -0.3 is 10.6 Å². The molecule has 1 rings (SSSR count). The minimum atomic E-state index is -4.26. The molecule has 0 radical (unpaired) electrons. The molecule has 0 aliphatic rings. The fourth-order valence-corrected chi connectivity index (χ4v) is 1.47. The molecule has 7 heteroatoms. The van der Waals surface area contributed by atoms with Gasteiger partial charge in [-0.1, -0.05) is 6.07 Å². The van der Waals surface area contributed by atoms with E-state index in [-0.39, 0.29) is 17.8 Å². The molecular weight excluding hydrogens is 255 g/mol. The molecule has 0 heterocycles. The second-order valence-electron chi connectivity index (χ2n) is 3.91. The van der Waals surface area contributed by atoms with E-state index in [0.717, 1.165) is 12.1 Å². The summed E-state index contributed by atoms with van der Waals surface area (Å²) in [5.74, 6) is 0. The van der Waals surface area contributed by atoms with Crippen molar-refractivity contribution in [2.45, 2.75) is 19.0 Å². The van der Waals surface area contributed by atoms with Crippen LogP contribution in [-0.2, 0) is 0 Å². The molecule has 2 N–H and O–H groups in total. The predicted octanol–water partition coefficient (Wildman–Crippen LogP) is 3.60. The van der Waals surface area contributed by atoms with Gasteiger partial charge in [0.1, 0.15) is 0 Å². The summed E-state index contributed by atoms with van der Waals surface area (Å²) >= 11 is 0. The van der Waals surface area contributed by atoms with Gasteiger partial charge >= 0.3 is 6.18 Å². The van der Waals surface area contributed by atoms with Crippen LogP contribution in [0.3, 0.4) is 0 Å². The largest absolute Gasteiger partial charge is 0.397 e. The lowest BCUT2D eigenvalue weighted by Gasteiger charge is -2.22. The van der Waals surface area contributed by atoms with E-state index in [1.807, 2.05) is 0 Å². The average Bonchev–Trinajstić information content (AvgIpc) is 2.24. The van der Waals surface area contributed by atoms with Crippen molar-refractivity contribution >= 4 is 11.4 Å². The third-order valence-corrected chi connectivity index (χ3v) is 2.45. The summed E-state index contributed by atoms with van der Waals surface area (Å²) in [7, 11) is 1.43. The smallest absolute Gasteiger partial charge is 0.390 e. The van der Waals surface area contributed by atoms with Crippen LogP contribution in [0.2, 0.25) is 0 Å². The van der Waals surface area contributed by atoms with Crippen LogP contribution < -0.4 is 10.6 Å². The van der Waals surface area contributed by atoms with Crippen LogP contribution in [0.15, 0.2) is 18.2 Å². The van der Waals surface area contributed by atoms with Gasteiger partial charge in [-0.25, -0.2) is 8.78 Å². The van der Waals surface area contributed by atoms with Crippen molar-refractivity contribution in [2.24, 2.45) is 0 Å². The van der Waals surface area contributed by atoms with Crippen LogP contribution in [0.5, 0.6) is 0 Å². The zero-order valence-corrected chi connectivity index (χ0v) is 9.64. The number of hydrogen-bond donors (Lipinski definition) is 1. The fraction of sp³-hybridized carbons (Fsp3) is 0.455. The first kappa shape index (κ1) is 14.5. The van der Waals surface area contributed by atoms with E-state index in [4.69, 9.17) is 5.73 Å². The Labute approximate surface area is 101 Å². The number of anilines is 2. The molecule has 0 fully saturated rings. The van der Waals surface area contributed by atoms with E-state index in [9.17, 15) is 22.0 Å². The maximum atomic E-state index is 12.4. The van der Waals surface area contributed by atoms with Gasteiger partial charge in [-0.3, -0.25) is 0 Å². The van der Waals surface area contributed by atoms with Crippen molar-refractivity contribution in [3.8, 4) is 0 Å². The van der Waals surface area contributed by atoms with E-state index >= 15 is 0 Å². The van der Waals surface area contributed by atoms with Crippen LogP contribution >= 0.6 is 0 Å². The fourth-order valence-electron chi connectivity index (χ4n) is 1.47.